The number of aryl methyl sites for hydroxylation is 1. The quantitative estimate of drug-likeness (QED) is 0.451. The van der Waals surface area contributed by atoms with Crippen molar-refractivity contribution in [2.45, 2.75) is 32.7 Å². The van der Waals surface area contributed by atoms with Crippen LogP contribution in [-0.4, -0.2) is 25.4 Å². The summed E-state index contributed by atoms with van der Waals surface area (Å²) in [6, 6.07) is 16.9. The van der Waals surface area contributed by atoms with Crippen molar-refractivity contribution in [2.24, 2.45) is 0 Å². The molecule has 2 heterocycles. The Balaban J connectivity index is 1.71. The SMILES string of the molecule is CCCCc1nc(NC(=O)c2cccc(Cl)c2)c2ncn(Cc3ccccc3)c2n1. The lowest BCUT2D eigenvalue weighted by Crippen LogP contribution is -2.15. The molecule has 2 aromatic heterocycles. The van der Waals surface area contributed by atoms with E-state index >= 15 is 0 Å². The van der Waals surface area contributed by atoms with Gasteiger partial charge in [0.15, 0.2) is 17.0 Å². The number of aromatic nitrogens is 4. The number of nitrogens with one attached hydrogen (secondary N) is 1. The van der Waals surface area contributed by atoms with Gasteiger partial charge in [0, 0.05) is 17.0 Å². The molecule has 0 bridgehead atoms. The molecule has 4 rings (SSSR count). The number of benzene rings is 2. The second kappa shape index (κ2) is 9.05. The van der Waals surface area contributed by atoms with Crippen LogP contribution in [0, 0.1) is 0 Å². The molecule has 0 atom stereocenters. The third kappa shape index (κ3) is 4.49. The van der Waals surface area contributed by atoms with Gasteiger partial charge in [-0.25, -0.2) is 15.0 Å². The van der Waals surface area contributed by atoms with Gasteiger partial charge in [0.25, 0.3) is 5.91 Å². The largest absolute Gasteiger partial charge is 0.311 e. The van der Waals surface area contributed by atoms with E-state index in [0.717, 1.165) is 24.8 Å². The maximum absolute atomic E-state index is 12.8. The molecule has 0 aliphatic rings. The Morgan fingerprint density at radius 2 is 1.93 bits per heavy atom. The fourth-order valence-corrected chi connectivity index (χ4v) is 3.42. The summed E-state index contributed by atoms with van der Waals surface area (Å²) in [6.07, 6.45) is 4.49. The van der Waals surface area contributed by atoms with Crippen LogP contribution in [0.5, 0.6) is 0 Å². The molecule has 152 valence electrons. The average molecular weight is 420 g/mol. The number of nitrogens with zero attached hydrogens (tertiary/aromatic N) is 4. The van der Waals surface area contributed by atoms with Gasteiger partial charge in [0.2, 0.25) is 0 Å². The Bertz CT molecular complexity index is 1170. The van der Waals surface area contributed by atoms with Gasteiger partial charge >= 0.3 is 0 Å². The van der Waals surface area contributed by atoms with Crippen molar-refractivity contribution in [3.8, 4) is 0 Å². The molecule has 0 spiro atoms. The van der Waals surface area contributed by atoms with Crippen molar-refractivity contribution in [3.63, 3.8) is 0 Å². The number of rotatable bonds is 7. The second-order valence-corrected chi connectivity index (χ2v) is 7.52. The number of anilines is 1. The summed E-state index contributed by atoms with van der Waals surface area (Å²) in [5.74, 6) is 0.833. The molecule has 7 heteroatoms. The van der Waals surface area contributed by atoms with Crippen molar-refractivity contribution < 1.29 is 4.79 Å². The minimum absolute atomic E-state index is 0.281. The Kier molecular flexibility index (Phi) is 6.05. The zero-order chi connectivity index (χ0) is 20.9. The Morgan fingerprint density at radius 1 is 1.10 bits per heavy atom. The first-order valence-electron chi connectivity index (χ1n) is 9.96. The highest BCUT2D eigenvalue weighted by Gasteiger charge is 2.16. The van der Waals surface area contributed by atoms with Crippen LogP contribution in [0.3, 0.4) is 0 Å². The molecule has 0 fully saturated rings. The molecular formula is C23H22ClN5O. The minimum atomic E-state index is -0.281. The molecule has 4 aromatic rings. The summed E-state index contributed by atoms with van der Waals surface area (Å²) in [7, 11) is 0. The fraction of sp³-hybridized carbons (Fsp3) is 0.217. The van der Waals surface area contributed by atoms with Crippen molar-refractivity contribution in [3.05, 3.63) is 82.9 Å². The molecule has 0 saturated heterocycles. The molecule has 1 N–H and O–H groups in total. The van der Waals surface area contributed by atoms with Crippen molar-refractivity contribution in [1.29, 1.82) is 0 Å². The van der Waals surface area contributed by atoms with Gasteiger partial charge in [0.05, 0.1) is 12.9 Å². The van der Waals surface area contributed by atoms with Crippen molar-refractivity contribution in [1.82, 2.24) is 19.5 Å². The molecule has 0 unspecified atom stereocenters. The summed E-state index contributed by atoms with van der Waals surface area (Å²) in [5.41, 5.74) is 2.89. The van der Waals surface area contributed by atoms with E-state index in [0.29, 0.717) is 39.9 Å². The van der Waals surface area contributed by atoms with Crippen LogP contribution in [0.15, 0.2) is 60.9 Å². The summed E-state index contributed by atoms with van der Waals surface area (Å²) in [4.78, 5) is 26.6. The first-order chi connectivity index (χ1) is 14.6. The number of halogens is 1. The molecule has 1 amide bonds. The molecular weight excluding hydrogens is 398 g/mol. The second-order valence-electron chi connectivity index (χ2n) is 7.09. The van der Waals surface area contributed by atoms with Crippen LogP contribution in [0.25, 0.3) is 11.2 Å². The van der Waals surface area contributed by atoms with Gasteiger partial charge in [-0.1, -0.05) is 61.3 Å². The Hall–Kier alpha value is -3.25. The molecule has 0 aliphatic heterocycles. The summed E-state index contributed by atoms with van der Waals surface area (Å²) >= 11 is 6.03. The zero-order valence-corrected chi connectivity index (χ0v) is 17.4. The van der Waals surface area contributed by atoms with E-state index in [1.165, 1.54) is 0 Å². The molecule has 6 nitrogen and oxygen atoms in total. The standard InChI is InChI=1S/C23H22ClN5O/c1-2-3-12-19-26-21(28-23(30)17-10-7-11-18(24)13-17)20-22(27-19)29(15-25-20)14-16-8-5-4-6-9-16/h4-11,13,15H,2-3,12,14H2,1H3,(H,26,27,28,30). The van der Waals surface area contributed by atoms with Gasteiger partial charge in [-0.15, -0.1) is 0 Å². The van der Waals surface area contributed by atoms with E-state index in [9.17, 15) is 4.79 Å². The lowest BCUT2D eigenvalue weighted by Gasteiger charge is -2.09. The minimum Gasteiger partial charge on any atom is -0.311 e. The van der Waals surface area contributed by atoms with Crippen LogP contribution >= 0.6 is 11.6 Å². The van der Waals surface area contributed by atoms with E-state index in [2.05, 4.69) is 34.3 Å². The highest BCUT2D eigenvalue weighted by atomic mass is 35.5. The van der Waals surface area contributed by atoms with E-state index in [-0.39, 0.29) is 5.91 Å². The number of carbonyl (C=O) groups is 1. The maximum Gasteiger partial charge on any atom is 0.256 e. The predicted molar refractivity (Wildman–Crippen MR) is 119 cm³/mol. The summed E-state index contributed by atoms with van der Waals surface area (Å²) in [5, 5.41) is 3.40. The van der Waals surface area contributed by atoms with Gasteiger partial charge in [-0.05, 0) is 30.2 Å². The molecule has 30 heavy (non-hydrogen) atoms. The monoisotopic (exact) mass is 419 g/mol. The first kappa shape index (κ1) is 20.0. The van der Waals surface area contributed by atoms with Crippen LogP contribution in [0.1, 0.15) is 41.5 Å². The lowest BCUT2D eigenvalue weighted by atomic mass is 10.2. The summed E-state index contributed by atoms with van der Waals surface area (Å²) < 4.78 is 1.98. The van der Waals surface area contributed by atoms with Crippen LogP contribution < -0.4 is 5.32 Å². The molecule has 0 aliphatic carbocycles. The highest BCUT2D eigenvalue weighted by molar-refractivity contribution is 6.31. The maximum atomic E-state index is 12.8. The zero-order valence-electron chi connectivity index (χ0n) is 16.7. The third-order valence-electron chi connectivity index (χ3n) is 4.78. The number of carbonyl (C=O) groups excluding carboxylic acids is 1. The number of fused-ring (bicyclic) bond motifs is 1. The topological polar surface area (TPSA) is 72.7 Å². The molecule has 2 aromatic carbocycles. The number of hydrogen-bond donors (Lipinski definition) is 1. The number of amides is 1. The van der Waals surface area contributed by atoms with Gasteiger partial charge in [-0.3, -0.25) is 4.79 Å². The van der Waals surface area contributed by atoms with Crippen molar-refractivity contribution in [2.75, 3.05) is 5.32 Å². The van der Waals surface area contributed by atoms with Gasteiger partial charge in [0.1, 0.15) is 5.82 Å². The first-order valence-corrected chi connectivity index (χ1v) is 10.3. The van der Waals surface area contributed by atoms with Crippen LogP contribution in [-0.2, 0) is 13.0 Å². The van der Waals surface area contributed by atoms with E-state index < -0.39 is 0 Å². The Morgan fingerprint density at radius 3 is 2.70 bits per heavy atom. The Labute approximate surface area is 180 Å². The van der Waals surface area contributed by atoms with Crippen LogP contribution in [0.2, 0.25) is 5.02 Å². The van der Waals surface area contributed by atoms with Gasteiger partial charge < -0.3 is 9.88 Å². The number of hydrogen-bond acceptors (Lipinski definition) is 4. The van der Waals surface area contributed by atoms with Gasteiger partial charge in [-0.2, -0.15) is 0 Å². The predicted octanol–water partition coefficient (Wildman–Crippen LogP) is 5.12. The average Bonchev–Trinajstić information content (AvgIpc) is 3.16. The number of imidazole rings is 1. The van der Waals surface area contributed by atoms with E-state index in [1.54, 1.807) is 30.6 Å². The highest BCUT2D eigenvalue weighted by Crippen LogP contribution is 2.22. The smallest absolute Gasteiger partial charge is 0.256 e. The normalized spacial score (nSPS) is 11.0. The lowest BCUT2D eigenvalue weighted by molar-refractivity contribution is 0.102. The van der Waals surface area contributed by atoms with E-state index in [1.807, 2.05) is 22.8 Å². The number of unbranched alkanes of at least 4 members (excludes halogenated alkanes) is 1. The molecule has 0 saturated carbocycles. The van der Waals surface area contributed by atoms with Crippen molar-refractivity contribution >= 4 is 34.5 Å². The third-order valence-corrected chi connectivity index (χ3v) is 5.01. The van der Waals surface area contributed by atoms with E-state index in [4.69, 9.17) is 16.6 Å². The van der Waals surface area contributed by atoms with Crippen LogP contribution in [0.4, 0.5) is 5.82 Å². The summed E-state index contributed by atoms with van der Waals surface area (Å²) in [6.45, 7) is 2.77. The molecule has 0 radical (unpaired) electrons. The fourth-order valence-electron chi connectivity index (χ4n) is 3.23.